The van der Waals surface area contributed by atoms with Crippen molar-refractivity contribution in [2.75, 3.05) is 12.4 Å². The zero-order valence-electron chi connectivity index (χ0n) is 13.3. The van der Waals surface area contributed by atoms with Crippen LogP contribution in [-0.4, -0.2) is 23.0 Å². The summed E-state index contributed by atoms with van der Waals surface area (Å²) in [4.78, 5) is 19.6. The number of nitrogens with one attached hydrogen (secondary N) is 1. The van der Waals surface area contributed by atoms with Gasteiger partial charge in [0.15, 0.2) is 0 Å². The average Bonchev–Trinajstić information content (AvgIpc) is 2.57. The first-order valence-corrected chi connectivity index (χ1v) is 7.60. The molecule has 128 valence electrons. The maximum absolute atomic E-state index is 13.3. The fraction of sp³-hybridized carbons (Fsp3) is 0.118. The summed E-state index contributed by atoms with van der Waals surface area (Å²) >= 11 is 5.80. The van der Waals surface area contributed by atoms with E-state index in [1.807, 2.05) is 0 Å². The number of hydrogen-bond acceptors (Lipinski definition) is 6. The molecule has 0 bridgehead atoms. The summed E-state index contributed by atoms with van der Waals surface area (Å²) in [6.45, 7) is 1.26. The lowest BCUT2D eigenvalue weighted by atomic mass is 10.2. The van der Waals surface area contributed by atoms with Crippen LogP contribution in [0.3, 0.4) is 0 Å². The molecule has 8 heteroatoms. The second kappa shape index (κ2) is 6.90. The Morgan fingerprint density at radius 1 is 1.20 bits per heavy atom. The zero-order chi connectivity index (χ0) is 18.0. The molecule has 0 saturated carbocycles. The number of halogens is 2. The molecule has 3 aromatic rings. The van der Waals surface area contributed by atoms with Crippen molar-refractivity contribution in [1.29, 1.82) is 0 Å². The van der Waals surface area contributed by atoms with Crippen LogP contribution in [0, 0.1) is 5.82 Å². The monoisotopic (exact) mass is 361 g/mol. The molecule has 2 aromatic carbocycles. The molecule has 3 rings (SSSR count). The Hall–Kier alpha value is -2.93. The molecule has 1 aromatic heterocycles. The van der Waals surface area contributed by atoms with E-state index >= 15 is 0 Å². The Morgan fingerprint density at radius 3 is 2.68 bits per heavy atom. The molecule has 1 heterocycles. The van der Waals surface area contributed by atoms with E-state index in [1.54, 1.807) is 18.2 Å². The number of hydrogen-bond donors (Lipinski definition) is 1. The van der Waals surface area contributed by atoms with Crippen LogP contribution in [0.1, 0.15) is 6.92 Å². The molecule has 0 aliphatic rings. The molecule has 0 saturated heterocycles. The molecular weight excluding hydrogens is 349 g/mol. The number of anilines is 2. The Bertz CT molecular complexity index is 965. The zero-order valence-corrected chi connectivity index (χ0v) is 14.1. The third-order valence-corrected chi connectivity index (χ3v) is 3.59. The molecule has 0 aliphatic carbocycles. The van der Waals surface area contributed by atoms with Gasteiger partial charge in [-0.25, -0.2) is 4.39 Å². The maximum atomic E-state index is 13.3. The lowest BCUT2D eigenvalue weighted by molar-refractivity contribution is -0.132. The summed E-state index contributed by atoms with van der Waals surface area (Å²) in [7, 11) is 1.54. The average molecular weight is 362 g/mol. The highest BCUT2D eigenvalue weighted by atomic mass is 35.5. The first-order chi connectivity index (χ1) is 12.0. The van der Waals surface area contributed by atoms with E-state index in [2.05, 4.69) is 15.3 Å². The quantitative estimate of drug-likeness (QED) is 0.705. The third-order valence-electron chi connectivity index (χ3n) is 3.30. The van der Waals surface area contributed by atoms with Crippen LogP contribution >= 0.6 is 11.6 Å². The number of nitrogens with zero attached hydrogens (tertiary/aromatic N) is 2. The second-order valence-electron chi connectivity index (χ2n) is 5.09. The van der Waals surface area contributed by atoms with Gasteiger partial charge in [0, 0.05) is 24.1 Å². The van der Waals surface area contributed by atoms with Crippen molar-refractivity contribution in [2.24, 2.45) is 0 Å². The topological polar surface area (TPSA) is 73.3 Å². The number of aromatic nitrogens is 2. The number of methoxy groups -OCH3 is 1. The van der Waals surface area contributed by atoms with Crippen LogP contribution < -0.4 is 14.8 Å². The third kappa shape index (κ3) is 3.77. The van der Waals surface area contributed by atoms with Crippen LogP contribution in [-0.2, 0) is 4.79 Å². The summed E-state index contributed by atoms with van der Waals surface area (Å²) in [6, 6.07) is 9.28. The number of esters is 1. The van der Waals surface area contributed by atoms with E-state index < -0.39 is 11.8 Å². The summed E-state index contributed by atoms with van der Waals surface area (Å²) < 4.78 is 23.5. The van der Waals surface area contributed by atoms with Crippen LogP contribution in [0.25, 0.3) is 10.9 Å². The SMILES string of the molecule is COc1ccc2c(Nc3ccc(F)c(Cl)c3)nc(OC(C)=O)nc2c1. The smallest absolute Gasteiger partial charge is 0.326 e. The molecule has 0 unspecified atom stereocenters. The minimum atomic E-state index is -0.543. The van der Waals surface area contributed by atoms with Gasteiger partial charge in [0.1, 0.15) is 17.4 Å². The normalized spacial score (nSPS) is 10.6. The Labute approximate surface area is 147 Å². The highest BCUT2D eigenvalue weighted by molar-refractivity contribution is 6.31. The van der Waals surface area contributed by atoms with Crippen molar-refractivity contribution < 1.29 is 18.7 Å². The largest absolute Gasteiger partial charge is 0.497 e. The van der Waals surface area contributed by atoms with E-state index in [1.165, 1.54) is 32.2 Å². The number of ether oxygens (including phenoxy) is 2. The second-order valence-corrected chi connectivity index (χ2v) is 5.49. The fourth-order valence-corrected chi connectivity index (χ4v) is 2.38. The minimum absolute atomic E-state index is 0.0229. The van der Waals surface area contributed by atoms with Gasteiger partial charge < -0.3 is 14.8 Å². The van der Waals surface area contributed by atoms with Gasteiger partial charge in [-0.05, 0) is 30.3 Å². The summed E-state index contributed by atoms with van der Waals surface area (Å²) in [5.74, 6) is -0.0922. The van der Waals surface area contributed by atoms with E-state index in [0.717, 1.165) is 0 Å². The van der Waals surface area contributed by atoms with E-state index in [-0.39, 0.29) is 11.0 Å². The minimum Gasteiger partial charge on any atom is -0.497 e. The van der Waals surface area contributed by atoms with Gasteiger partial charge in [-0.3, -0.25) is 4.79 Å². The van der Waals surface area contributed by atoms with Crippen molar-refractivity contribution in [3.8, 4) is 11.8 Å². The molecule has 0 radical (unpaired) electrons. The number of carbonyl (C=O) groups is 1. The van der Waals surface area contributed by atoms with Gasteiger partial charge in [0.05, 0.1) is 17.6 Å². The van der Waals surface area contributed by atoms with Crippen molar-refractivity contribution in [3.63, 3.8) is 0 Å². The molecule has 0 amide bonds. The Balaban J connectivity index is 2.10. The van der Waals surface area contributed by atoms with Crippen molar-refractivity contribution >= 4 is 40.0 Å². The highest BCUT2D eigenvalue weighted by Gasteiger charge is 2.12. The molecule has 0 spiro atoms. The van der Waals surface area contributed by atoms with Gasteiger partial charge >= 0.3 is 12.0 Å². The number of carbonyl (C=O) groups excluding carboxylic acids is 1. The highest BCUT2D eigenvalue weighted by Crippen LogP contribution is 2.30. The molecule has 0 atom stereocenters. The number of rotatable bonds is 4. The van der Waals surface area contributed by atoms with E-state index in [0.29, 0.717) is 28.2 Å². The summed E-state index contributed by atoms with van der Waals surface area (Å²) in [5, 5.41) is 3.67. The van der Waals surface area contributed by atoms with E-state index in [9.17, 15) is 9.18 Å². The predicted molar refractivity (Wildman–Crippen MR) is 92.1 cm³/mol. The Kier molecular flexibility index (Phi) is 4.67. The van der Waals surface area contributed by atoms with Gasteiger partial charge in [0.2, 0.25) is 0 Å². The first kappa shape index (κ1) is 16.9. The van der Waals surface area contributed by atoms with E-state index in [4.69, 9.17) is 21.1 Å². The molecule has 25 heavy (non-hydrogen) atoms. The number of fused-ring (bicyclic) bond motifs is 1. The molecule has 0 aliphatic heterocycles. The van der Waals surface area contributed by atoms with Gasteiger partial charge in [-0.1, -0.05) is 11.6 Å². The molecule has 6 nitrogen and oxygen atoms in total. The predicted octanol–water partition coefficient (Wildman–Crippen LogP) is 4.10. The van der Waals surface area contributed by atoms with Gasteiger partial charge in [0.25, 0.3) is 0 Å². The van der Waals surface area contributed by atoms with Gasteiger partial charge in [-0.2, -0.15) is 9.97 Å². The van der Waals surface area contributed by atoms with Crippen LogP contribution in [0.4, 0.5) is 15.9 Å². The molecular formula is C17H13ClFN3O3. The van der Waals surface area contributed by atoms with Crippen LogP contribution in [0.5, 0.6) is 11.8 Å². The summed E-state index contributed by atoms with van der Waals surface area (Å²) in [5.41, 5.74) is 1.04. The maximum Gasteiger partial charge on any atom is 0.326 e. The lowest BCUT2D eigenvalue weighted by Gasteiger charge is -2.11. The van der Waals surface area contributed by atoms with Crippen LogP contribution in [0.15, 0.2) is 36.4 Å². The van der Waals surface area contributed by atoms with Crippen molar-refractivity contribution in [1.82, 2.24) is 9.97 Å². The standard InChI is InChI=1S/C17H13ClFN3O3/c1-9(23)25-17-21-15-8-11(24-2)4-5-12(15)16(22-17)20-10-3-6-14(19)13(18)7-10/h3-8H,1-2H3,(H,20,21,22). The summed E-state index contributed by atoms with van der Waals surface area (Å²) in [6.07, 6.45) is 0. The first-order valence-electron chi connectivity index (χ1n) is 7.22. The Morgan fingerprint density at radius 2 is 2.00 bits per heavy atom. The lowest BCUT2D eigenvalue weighted by Crippen LogP contribution is -2.07. The molecule has 1 N–H and O–H groups in total. The van der Waals surface area contributed by atoms with Crippen LogP contribution in [0.2, 0.25) is 5.02 Å². The van der Waals surface area contributed by atoms with Crippen molar-refractivity contribution in [2.45, 2.75) is 6.92 Å². The number of benzene rings is 2. The van der Waals surface area contributed by atoms with Gasteiger partial charge in [-0.15, -0.1) is 0 Å². The molecule has 0 fully saturated rings. The van der Waals surface area contributed by atoms with Crippen molar-refractivity contribution in [3.05, 3.63) is 47.2 Å². The fourth-order valence-electron chi connectivity index (χ4n) is 2.20.